The first-order chi connectivity index (χ1) is 20.8. The molecule has 11 nitrogen and oxygen atoms in total. The molecule has 0 aliphatic carbocycles. The van der Waals surface area contributed by atoms with E-state index in [9.17, 15) is 14.0 Å². The number of nitrogens with zero attached hydrogens (tertiary/aromatic N) is 5. The van der Waals surface area contributed by atoms with Crippen LogP contribution in [0.1, 0.15) is 50.7 Å². The lowest BCUT2D eigenvalue weighted by molar-refractivity contribution is 0.00566. The first kappa shape index (κ1) is 31.0. The van der Waals surface area contributed by atoms with Crippen LogP contribution in [0.15, 0.2) is 42.7 Å². The Labute approximate surface area is 255 Å². The van der Waals surface area contributed by atoms with Gasteiger partial charge in [0, 0.05) is 55.8 Å². The van der Waals surface area contributed by atoms with Crippen LogP contribution in [0.25, 0.3) is 16.6 Å². The number of imidazole rings is 1. The van der Waals surface area contributed by atoms with Gasteiger partial charge in [-0.15, -0.1) is 0 Å². The number of carbonyl (C=O) groups excluding carboxylic acids is 2. The van der Waals surface area contributed by atoms with Crippen LogP contribution in [0.3, 0.4) is 0 Å². The Morgan fingerprint density at radius 3 is 2.45 bits per heavy atom. The van der Waals surface area contributed by atoms with Crippen molar-refractivity contribution < 1.29 is 28.2 Å². The van der Waals surface area contributed by atoms with Crippen LogP contribution in [-0.2, 0) is 9.47 Å². The standard InChI is InChI=1S/C32H39FN6O5/c1-19-15-38-18-22(14-25(33)29(38)34-19)35-30(40)24-8-10-26(23-9-11-27(36-28(23)24)43-13-12-42-7)37-16-20(2)39(21(3)17-37)31(41)44-32(4,5)6/h8-11,14-15,18,20-21H,12-13,16-17H2,1-7H3,(H,35,40)/t20-,21-/m0/s1. The highest BCUT2D eigenvalue weighted by Gasteiger charge is 2.36. The topological polar surface area (TPSA) is 111 Å². The number of fused-ring (bicyclic) bond motifs is 2. The van der Waals surface area contributed by atoms with Crippen molar-refractivity contribution in [3.05, 3.63) is 59.8 Å². The van der Waals surface area contributed by atoms with Gasteiger partial charge in [-0.05, 0) is 59.7 Å². The van der Waals surface area contributed by atoms with E-state index in [-0.39, 0.29) is 29.5 Å². The SMILES string of the molecule is COCCOc1ccc2c(N3C[C@H](C)N(C(=O)OC(C)(C)C)[C@@H](C)C3)ccc(C(=O)Nc3cc(F)c4nc(C)cn4c3)c2n1. The number of carbonyl (C=O) groups is 2. The number of amides is 2. The summed E-state index contributed by atoms with van der Waals surface area (Å²) in [5.41, 5.74) is 2.14. The van der Waals surface area contributed by atoms with Gasteiger partial charge in [-0.3, -0.25) is 9.69 Å². The van der Waals surface area contributed by atoms with Crippen molar-refractivity contribution in [1.29, 1.82) is 0 Å². The summed E-state index contributed by atoms with van der Waals surface area (Å²) in [5, 5.41) is 3.56. The highest BCUT2D eigenvalue weighted by Crippen LogP contribution is 2.33. The van der Waals surface area contributed by atoms with Gasteiger partial charge in [-0.1, -0.05) is 0 Å². The summed E-state index contributed by atoms with van der Waals surface area (Å²) in [6.45, 7) is 13.1. The molecule has 3 aromatic heterocycles. The van der Waals surface area contributed by atoms with Gasteiger partial charge < -0.3 is 28.8 Å². The predicted molar refractivity (Wildman–Crippen MR) is 166 cm³/mol. The quantitative estimate of drug-likeness (QED) is 0.277. The molecule has 1 fully saturated rings. The van der Waals surface area contributed by atoms with Gasteiger partial charge in [-0.2, -0.15) is 0 Å². The summed E-state index contributed by atoms with van der Waals surface area (Å²) in [4.78, 5) is 39.5. The van der Waals surface area contributed by atoms with E-state index >= 15 is 0 Å². The molecule has 44 heavy (non-hydrogen) atoms. The van der Waals surface area contributed by atoms with Crippen LogP contribution in [0.2, 0.25) is 0 Å². The number of ether oxygens (including phenoxy) is 3. The van der Waals surface area contributed by atoms with Crippen LogP contribution >= 0.6 is 0 Å². The molecule has 1 aliphatic rings. The Hall–Kier alpha value is -4.45. The average molecular weight is 607 g/mol. The molecular weight excluding hydrogens is 567 g/mol. The van der Waals surface area contributed by atoms with Crippen molar-refractivity contribution in [2.45, 2.75) is 59.2 Å². The molecule has 1 saturated heterocycles. The number of aromatic nitrogens is 3. The third-order valence-corrected chi connectivity index (χ3v) is 7.34. The minimum Gasteiger partial charge on any atom is -0.475 e. The minimum absolute atomic E-state index is 0.132. The van der Waals surface area contributed by atoms with Crippen molar-refractivity contribution in [3.8, 4) is 5.88 Å². The largest absolute Gasteiger partial charge is 0.475 e. The Kier molecular flexibility index (Phi) is 8.64. The highest BCUT2D eigenvalue weighted by molar-refractivity contribution is 6.14. The third-order valence-electron chi connectivity index (χ3n) is 7.34. The molecule has 0 spiro atoms. The van der Waals surface area contributed by atoms with Gasteiger partial charge >= 0.3 is 6.09 Å². The number of piperazine rings is 1. The van der Waals surface area contributed by atoms with E-state index in [1.165, 1.54) is 6.07 Å². The van der Waals surface area contributed by atoms with Crippen LogP contribution in [0, 0.1) is 12.7 Å². The zero-order valence-electron chi connectivity index (χ0n) is 26.2. The number of hydrogen-bond donors (Lipinski definition) is 1. The van der Waals surface area contributed by atoms with Crippen LogP contribution in [0.4, 0.5) is 20.6 Å². The molecule has 1 N–H and O–H groups in total. The number of hydrogen-bond acceptors (Lipinski definition) is 8. The van der Waals surface area contributed by atoms with Crippen LogP contribution < -0.4 is 15.0 Å². The van der Waals surface area contributed by atoms with E-state index in [2.05, 4.69) is 15.2 Å². The van der Waals surface area contributed by atoms with Crippen molar-refractivity contribution in [1.82, 2.24) is 19.3 Å². The highest BCUT2D eigenvalue weighted by atomic mass is 19.1. The van der Waals surface area contributed by atoms with Gasteiger partial charge in [-0.25, -0.2) is 19.2 Å². The molecule has 0 saturated carbocycles. The molecule has 4 aromatic rings. The summed E-state index contributed by atoms with van der Waals surface area (Å²) in [6, 6.07) is 8.22. The average Bonchev–Trinajstić information content (AvgIpc) is 3.31. The molecule has 0 radical (unpaired) electrons. The van der Waals surface area contributed by atoms with E-state index < -0.39 is 17.3 Å². The summed E-state index contributed by atoms with van der Waals surface area (Å²) in [5.74, 6) is -0.648. The van der Waals surface area contributed by atoms with E-state index in [0.29, 0.717) is 49.0 Å². The van der Waals surface area contributed by atoms with Crippen molar-refractivity contribution >= 4 is 39.9 Å². The molecule has 2 amide bonds. The summed E-state index contributed by atoms with van der Waals surface area (Å²) < 4.78 is 32.8. The summed E-state index contributed by atoms with van der Waals surface area (Å²) >= 11 is 0. The number of aryl methyl sites for hydroxylation is 1. The van der Waals surface area contributed by atoms with Crippen LogP contribution in [0.5, 0.6) is 5.88 Å². The molecular formula is C32H39FN6O5. The second-order valence-electron chi connectivity index (χ2n) is 12.2. The zero-order chi connectivity index (χ0) is 31.8. The smallest absolute Gasteiger partial charge is 0.410 e. The maximum atomic E-state index is 14.7. The number of pyridine rings is 2. The lowest BCUT2D eigenvalue weighted by Crippen LogP contribution is -2.59. The van der Waals surface area contributed by atoms with Gasteiger partial charge in [0.2, 0.25) is 5.88 Å². The second kappa shape index (κ2) is 12.3. The van der Waals surface area contributed by atoms with E-state index in [1.807, 2.05) is 46.8 Å². The number of benzene rings is 1. The number of rotatable bonds is 7. The maximum Gasteiger partial charge on any atom is 0.410 e. The molecule has 1 aliphatic heterocycles. The summed E-state index contributed by atoms with van der Waals surface area (Å²) in [6.07, 6.45) is 2.97. The Morgan fingerprint density at radius 2 is 1.77 bits per heavy atom. The fraction of sp³-hybridized carbons (Fsp3) is 0.438. The molecule has 12 heteroatoms. The lowest BCUT2D eigenvalue weighted by atomic mass is 10.0. The Morgan fingerprint density at radius 1 is 1.05 bits per heavy atom. The molecule has 1 aromatic carbocycles. The van der Waals surface area contributed by atoms with Crippen molar-refractivity contribution in [2.24, 2.45) is 0 Å². The van der Waals surface area contributed by atoms with Gasteiger partial charge in [0.05, 0.1) is 41.2 Å². The van der Waals surface area contributed by atoms with Gasteiger partial charge in [0.1, 0.15) is 12.2 Å². The lowest BCUT2D eigenvalue weighted by Gasteiger charge is -2.45. The fourth-order valence-electron chi connectivity index (χ4n) is 5.59. The molecule has 2 atom stereocenters. The fourth-order valence-corrected chi connectivity index (χ4v) is 5.59. The van der Waals surface area contributed by atoms with E-state index in [4.69, 9.17) is 19.2 Å². The first-order valence-electron chi connectivity index (χ1n) is 14.6. The zero-order valence-corrected chi connectivity index (χ0v) is 26.2. The Bertz CT molecular complexity index is 1690. The molecule has 4 heterocycles. The normalized spacial score (nSPS) is 17.3. The molecule has 0 unspecified atom stereocenters. The van der Waals surface area contributed by atoms with E-state index in [1.54, 1.807) is 47.9 Å². The molecule has 0 bridgehead atoms. The van der Waals surface area contributed by atoms with Gasteiger partial charge in [0.15, 0.2) is 11.5 Å². The van der Waals surface area contributed by atoms with Crippen LogP contribution in [-0.4, -0.2) is 82.4 Å². The summed E-state index contributed by atoms with van der Waals surface area (Å²) in [7, 11) is 1.59. The van der Waals surface area contributed by atoms with Crippen molar-refractivity contribution in [2.75, 3.05) is 43.6 Å². The second-order valence-corrected chi connectivity index (χ2v) is 12.2. The van der Waals surface area contributed by atoms with Crippen molar-refractivity contribution in [3.63, 3.8) is 0 Å². The Balaban J connectivity index is 1.48. The molecule has 234 valence electrons. The molecule has 5 rings (SSSR count). The third kappa shape index (κ3) is 6.54. The number of nitrogens with one attached hydrogen (secondary N) is 1. The number of anilines is 2. The predicted octanol–water partition coefficient (Wildman–Crippen LogP) is 5.44. The minimum atomic E-state index is -0.593. The number of halogens is 1. The monoisotopic (exact) mass is 606 g/mol. The maximum absolute atomic E-state index is 14.7. The first-order valence-corrected chi connectivity index (χ1v) is 14.6. The number of methoxy groups -OCH3 is 1. The van der Waals surface area contributed by atoms with E-state index in [0.717, 1.165) is 11.1 Å². The van der Waals surface area contributed by atoms with Gasteiger partial charge in [0.25, 0.3) is 5.91 Å².